The minimum absolute atomic E-state index is 0.00322. The van der Waals surface area contributed by atoms with E-state index in [9.17, 15) is 23.1 Å². The molecule has 0 bridgehead atoms. The fourth-order valence-corrected chi connectivity index (χ4v) is 2.08. The summed E-state index contributed by atoms with van der Waals surface area (Å²) in [5, 5.41) is 18.8. The predicted octanol–water partition coefficient (Wildman–Crippen LogP) is 3.66. The minimum Gasteiger partial charge on any atom is -0.479 e. The number of aliphatic carboxylic acids is 1. The van der Waals surface area contributed by atoms with Crippen LogP contribution in [0.5, 0.6) is 0 Å². The van der Waals surface area contributed by atoms with Crippen LogP contribution in [0.15, 0.2) is 48.5 Å². The summed E-state index contributed by atoms with van der Waals surface area (Å²) >= 11 is 0. The number of rotatable bonds is 3. The van der Waals surface area contributed by atoms with Gasteiger partial charge in [0.2, 0.25) is 0 Å². The average molecular weight is 310 g/mol. The van der Waals surface area contributed by atoms with Crippen molar-refractivity contribution in [2.45, 2.75) is 18.7 Å². The van der Waals surface area contributed by atoms with Gasteiger partial charge in [-0.25, -0.2) is 4.79 Å². The van der Waals surface area contributed by atoms with Gasteiger partial charge >= 0.3 is 12.1 Å². The molecule has 0 heterocycles. The fraction of sp³-hybridized carbons (Fsp3) is 0.188. The smallest absolute Gasteiger partial charge is 0.417 e. The van der Waals surface area contributed by atoms with Gasteiger partial charge in [0.25, 0.3) is 0 Å². The fourth-order valence-electron chi connectivity index (χ4n) is 2.08. The van der Waals surface area contributed by atoms with Crippen molar-refractivity contribution in [2.24, 2.45) is 0 Å². The molecule has 22 heavy (non-hydrogen) atoms. The molecule has 0 saturated carbocycles. The number of carboxylic acids is 1. The molecule has 0 aliphatic rings. The van der Waals surface area contributed by atoms with E-state index in [1.807, 2.05) is 0 Å². The van der Waals surface area contributed by atoms with Gasteiger partial charge in [-0.05, 0) is 29.7 Å². The molecule has 116 valence electrons. The summed E-state index contributed by atoms with van der Waals surface area (Å²) in [6, 6.07) is 10.4. The van der Waals surface area contributed by atoms with Crippen molar-refractivity contribution in [1.82, 2.24) is 0 Å². The van der Waals surface area contributed by atoms with Gasteiger partial charge in [-0.1, -0.05) is 42.5 Å². The number of hydrogen-bond acceptors (Lipinski definition) is 2. The number of halogens is 3. The molecule has 0 spiro atoms. The van der Waals surface area contributed by atoms with E-state index >= 15 is 0 Å². The molecule has 0 aromatic heterocycles. The molecule has 2 rings (SSSR count). The molecular formula is C16H13F3O3. The van der Waals surface area contributed by atoms with Crippen molar-refractivity contribution in [3.63, 3.8) is 0 Å². The van der Waals surface area contributed by atoms with Crippen LogP contribution >= 0.6 is 0 Å². The lowest BCUT2D eigenvalue weighted by molar-refractivity contribution is -0.157. The number of hydrogen-bond donors (Lipinski definition) is 2. The first kappa shape index (κ1) is 16.0. The van der Waals surface area contributed by atoms with Gasteiger partial charge in [-0.3, -0.25) is 0 Å². The van der Waals surface area contributed by atoms with E-state index in [4.69, 9.17) is 5.11 Å². The Bertz CT molecular complexity index is 689. The van der Waals surface area contributed by atoms with Crippen LogP contribution in [0.3, 0.4) is 0 Å². The first-order valence-electron chi connectivity index (χ1n) is 6.37. The van der Waals surface area contributed by atoms with Crippen LogP contribution in [0.4, 0.5) is 13.2 Å². The highest BCUT2D eigenvalue weighted by molar-refractivity contribution is 5.79. The monoisotopic (exact) mass is 310 g/mol. The highest BCUT2D eigenvalue weighted by Gasteiger charge is 2.34. The SMILES string of the molecule is CC(O)(C(=O)O)c1ccc(-c2ccccc2C(F)(F)F)cc1. The highest BCUT2D eigenvalue weighted by Crippen LogP contribution is 2.37. The van der Waals surface area contributed by atoms with Crippen LogP contribution in [0.25, 0.3) is 11.1 Å². The van der Waals surface area contributed by atoms with E-state index in [1.54, 1.807) is 0 Å². The number of aliphatic hydroxyl groups is 1. The van der Waals surface area contributed by atoms with Crippen molar-refractivity contribution in [3.8, 4) is 11.1 Å². The lowest BCUT2D eigenvalue weighted by atomic mass is 9.92. The zero-order valence-electron chi connectivity index (χ0n) is 11.6. The van der Waals surface area contributed by atoms with Gasteiger partial charge < -0.3 is 10.2 Å². The largest absolute Gasteiger partial charge is 0.479 e. The number of carboxylic acid groups (broad SMARTS) is 1. The molecule has 3 nitrogen and oxygen atoms in total. The molecule has 1 unspecified atom stereocenters. The second-order valence-electron chi connectivity index (χ2n) is 5.00. The topological polar surface area (TPSA) is 57.5 Å². The van der Waals surface area contributed by atoms with Crippen LogP contribution in [0.1, 0.15) is 18.1 Å². The standard InChI is InChI=1S/C16H13F3O3/c1-15(22,14(20)21)11-8-6-10(7-9-11)12-4-2-3-5-13(12)16(17,18)19/h2-9,22H,1H3,(H,20,21). The first-order chi connectivity index (χ1) is 10.1. The van der Waals surface area contributed by atoms with Crippen molar-refractivity contribution in [1.29, 1.82) is 0 Å². The van der Waals surface area contributed by atoms with Gasteiger partial charge in [-0.2, -0.15) is 13.2 Å². The second kappa shape index (κ2) is 5.46. The lowest BCUT2D eigenvalue weighted by Crippen LogP contribution is -2.31. The molecule has 0 amide bonds. The number of carbonyl (C=O) groups is 1. The third-order valence-electron chi connectivity index (χ3n) is 3.41. The molecule has 2 N–H and O–H groups in total. The summed E-state index contributed by atoms with van der Waals surface area (Å²) in [5.41, 5.74) is -2.49. The van der Waals surface area contributed by atoms with Crippen LogP contribution in [0, 0.1) is 0 Å². The molecule has 0 aliphatic heterocycles. The van der Waals surface area contributed by atoms with Gasteiger partial charge in [-0.15, -0.1) is 0 Å². The second-order valence-corrected chi connectivity index (χ2v) is 5.00. The summed E-state index contributed by atoms with van der Waals surface area (Å²) in [5.74, 6) is -1.43. The van der Waals surface area contributed by atoms with E-state index in [2.05, 4.69) is 0 Å². The van der Waals surface area contributed by atoms with E-state index < -0.39 is 23.3 Å². The number of alkyl halides is 3. The molecule has 0 radical (unpaired) electrons. The van der Waals surface area contributed by atoms with E-state index in [0.717, 1.165) is 13.0 Å². The molecule has 2 aromatic carbocycles. The molecule has 0 fully saturated rings. The zero-order valence-corrected chi connectivity index (χ0v) is 11.6. The summed E-state index contributed by atoms with van der Waals surface area (Å²) in [4.78, 5) is 11.0. The van der Waals surface area contributed by atoms with Crippen molar-refractivity contribution < 1.29 is 28.2 Å². The Morgan fingerprint density at radius 3 is 2.05 bits per heavy atom. The Morgan fingerprint density at radius 2 is 1.55 bits per heavy atom. The van der Waals surface area contributed by atoms with Crippen molar-refractivity contribution in [2.75, 3.05) is 0 Å². The van der Waals surface area contributed by atoms with E-state index in [1.165, 1.54) is 42.5 Å². The van der Waals surface area contributed by atoms with Gasteiger partial charge in [0.1, 0.15) is 0 Å². The highest BCUT2D eigenvalue weighted by atomic mass is 19.4. The van der Waals surface area contributed by atoms with Gasteiger partial charge in [0.15, 0.2) is 5.60 Å². The molecule has 2 aromatic rings. The molecule has 6 heteroatoms. The summed E-state index contributed by atoms with van der Waals surface area (Å²) in [6.07, 6.45) is -4.48. The van der Waals surface area contributed by atoms with E-state index in [0.29, 0.717) is 0 Å². The van der Waals surface area contributed by atoms with Crippen LogP contribution in [0.2, 0.25) is 0 Å². The maximum atomic E-state index is 13.0. The molecule has 0 saturated heterocycles. The summed E-state index contributed by atoms with van der Waals surface area (Å²) < 4.78 is 39.0. The third kappa shape index (κ3) is 2.96. The van der Waals surface area contributed by atoms with Crippen LogP contribution in [-0.2, 0) is 16.6 Å². The first-order valence-corrected chi connectivity index (χ1v) is 6.37. The van der Waals surface area contributed by atoms with E-state index in [-0.39, 0.29) is 16.7 Å². The van der Waals surface area contributed by atoms with Gasteiger partial charge in [0.05, 0.1) is 5.56 Å². The average Bonchev–Trinajstić information content (AvgIpc) is 2.46. The minimum atomic E-state index is -4.48. The lowest BCUT2D eigenvalue weighted by Gasteiger charge is -2.19. The Labute approximate surface area is 124 Å². The Hall–Kier alpha value is -2.34. The number of benzene rings is 2. The van der Waals surface area contributed by atoms with Crippen molar-refractivity contribution >= 4 is 5.97 Å². The maximum Gasteiger partial charge on any atom is 0.417 e. The summed E-state index contributed by atoms with van der Waals surface area (Å²) in [6.45, 7) is 1.11. The molecular weight excluding hydrogens is 297 g/mol. The Balaban J connectivity index is 2.47. The molecule has 1 atom stereocenters. The molecule has 0 aliphatic carbocycles. The maximum absolute atomic E-state index is 13.0. The Morgan fingerprint density at radius 1 is 1.00 bits per heavy atom. The van der Waals surface area contributed by atoms with Gasteiger partial charge in [0, 0.05) is 0 Å². The van der Waals surface area contributed by atoms with Crippen LogP contribution < -0.4 is 0 Å². The third-order valence-corrected chi connectivity index (χ3v) is 3.41. The van der Waals surface area contributed by atoms with Crippen molar-refractivity contribution in [3.05, 3.63) is 59.7 Å². The Kier molecular flexibility index (Phi) is 3.98. The predicted molar refractivity (Wildman–Crippen MR) is 74.1 cm³/mol. The van der Waals surface area contributed by atoms with Crippen LogP contribution in [-0.4, -0.2) is 16.2 Å². The summed E-state index contributed by atoms with van der Waals surface area (Å²) in [7, 11) is 0. The quantitative estimate of drug-likeness (QED) is 0.909. The zero-order chi connectivity index (χ0) is 16.5. The normalized spacial score (nSPS) is 14.4.